The van der Waals surface area contributed by atoms with Crippen molar-refractivity contribution >= 4 is 11.9 Å². The van der Waals surface area contributed by atoms with Crippen molar-refractivity contribution in [2.45, 2.75) is 13.3 Å². The van der Waals surface area contributed by atoms with Crippen LogP contribution in [0.25, 0.3) is 11.5 Å². The van der Waals surface area contributed by atoms with Crippen LogP contribution in [0.3, 0.4) is 0 Å². The van der Waals surface area contributed by atoms with Crippen LogP contribution in [0.5, 0.6) is 0 Å². The van der Waals surface area contributed by atoms with Gasteiger partial charge in [-0.3, -0.25) is 4.79 Å². The first kappa shape index (κ1) is 16.4. The summed E-state index contributed by atoms with van der Waals surface area (Å²) in [5.41, 5.74) is 1.18. The van der Waals surface area contributed by atoms with Gasteiger partial charge in [0.2, 0.25) is 11.8 Å². The number of oxazole rings is 1. The average Bonchev–Trinajstić information content (AvgIpc) is 3.00. The van der Waals surface area contributed by atoms with Crippen molar-refractivity contribution < 1.29 is 23.1 Å². The normalized spacial score (nSPS) is 14.7. The molecule has 0 radical (unpaired) electrons. The van der Waals surface area contributed by atoms with Crippen molar-refractivity contribution in [3.05, 3.63) is 35.8 Å². The maximum absolute atomic E-state index is 13.1. The van der Waals surface area contributed by atoms with E-state index in [-0.39, 0.29) is 18.2 Å². The van der Waals surface area contributed by atoms with Crippen LogP contribution in [0, 0.1) is 5.82 Å². The van der Waals surface area contributed by atoms with Gasteiger partial charge < -0.3 is 18.8 Å². The fraction of sp³-hybridized carbons (Fsp3) is 0.412. The number of halogens is 1. The molecule has 128 valence electrons. The molecule has 1 aliphatic heterocycles. The first-order valence-electron chi connectivity index (χ1n) is 7.91. The molecule has 7 heteroatoms. The third-order valence-electron chi connectivity index (χ3n) is 3.68. The number of hydrogen-bond acceptors (Lipinski definition) is 6. The number of rotatable bonds is 5. The summed E-state index contributed by atoms with van der Waals surface area (Å²) in [6, 6.07) is 5.88. The fourth-order valence-corrected chi connectivity index (χ4v) is 2.54. The number of hydrogen-bond donors (Lipinski definition) is 0. The van der Waals surface area contributed by atoms with E-state index in [1.165, 1.54) is 12.1 Å². The highest BCUT2D eigenvalue weighted by atomic mass is 19.1. The monoisotopic (exact) mass is 334 g/mol. The summed E-state index contributed by atoms with van der Waals surface area (Å²) in [6.07, 6.45) is 0.0330. The Kier molecular flexibility index (Phi) is 5.10. The number of nitrogens with zero attached hydrogens (tertiary/aromatic N) is 2. The molecule has 0 amide bonds. The van der Waals surface area contributed by atoms with Gasteiger partial charge in [-0.25, -0.2) is 9.37 Å². The largest absolute Gasteiger partial charge is 0.466 e. The van der Waals surface area contributed by atoms with Crippen molar-refractivity contribution in [2.24, 2.45) is 0 Å². The second-order valence-electron chi connectivity index (χ2n) is 5.36. The summed E-state index contributed by atoms with van der Waals surface area (Å²) in [5.74, 6) is 0.220. The topological polar surface area (TPSA) is 64.8 Å². The van der Waals surface area contributed by atoms with Gasteiger partial charge in [0.25, 0.3) is 0 Å². The molecule has 1 aliphatic rings. The molecular weight excluding hydrogens is 315 g/mol. The zero-order valence-electron chi connectivity index (χ0n) is 13.5. The van der Waals surface area contributed by atoms with Gasteiger partial charge in [-0.2, -0.15) is 0 Å². The highest BCUT2D eigenvalue weighted by Crippen LogP contribution is 2.29. The predicted molar refractivity (Wildman–Crippen MR) is 85.3 cm³/mol. The number of benzene rings is 1. The van der Waals surface area contributed by atoms with Crippen molar-refractivity contribution in [1.82, 2.24) is 4.98 Å². The van der Waals surface area contributed by atoms with E-state index in [4.69, 9.17) is 13.9 Å². The lowest BCUT2D eigenvalue weighted by Gasteiger charge is -2.26. The second kappa shape index (κ2) is 7.44. The SMILES string of the molecule is CCOC(=O)Cc1nc(-c2ccc(F)cc2)oc1N1CCOCC1. The number of morpholine rings is 1. The Morgan fingerprint density at radius 1 is 1.29 bits per heavy atom. The van der Waals surface area contributed by atoms with Crippen LogP contribution in [0.2, 0.25) is 0 Å². The molecule has 1 aromatic carbocycles. The van der Waals surface area contributed by atoms with Crippen LogP contribution in [0.15, 0.2) is 28.7 Å². The highest BCUT2D eigenvalue weighted by molar-refractivity contribution is 5.74. The third kappa shape index (κ3) is 3.73. The van der Waals surface area contributed by atoms with Gasteiger partial charge in [0.05, 0.1) is 26.2 Å². The minimum atomic E-state index is -0.356. The zero-order chi connectivity index (χ0) is 16.9. The lowest BCUT2D eigenvalue weighted by Crippen LogP contribution is -2.36. The molecule has 6 nitrogen and oxygen atoms in total. The van der Waals surface area contributed by atoms with Crippen molar-refractivity contribution in [3.63, 3.8) is 0 Å². The molecule has 0 atom stereocenters. The van der Waals surface area contributed by atoms with Crippen molar-refractivity contribution in [1.29, 1.82) is 0 Å². The number of carbonyl (C=O) groups is 1. The molecule has 3 rings (SSSR count). The fourth-order valence-electron chi connectivity index (χ4n) is 2.54. The first-order valence-corrected chi connectivity index (χ1v) is 7.91. The third-order valence-corrected chi connectivity index (χ3v) is 3.68. The van der Waals surface area contributed by atoms with Crippen LogP contribution in [-0.2, 0) is 20.7 Å². The summed E-state index contributed by atoms with van der Waals surface area (Å²) in [5, 5.41) is 0. The van der Waals surface area contributed by atoms with E-state index < -0.39 is 0 Å². The van der Waals surface area contributed by atoms with Crippen molar-refractivity contribution in [3.8, 4) is 11.5 Å². The van der Waals surface area contributed by atoms with E-state index in [0.717, 1.165) is 0 Å². The van der Waals surface area contributed by atoms with Gasteiger partial charge in [0.1, 0.15) is 11.5 Å². The van der Waals surface area contributed by atoms with E-state index in [0.29, 0.717) is 55.9 Å². The summed E-state index contributed by atoms with van der Waals surface area (Å²) < 4.78 is 29.3. The minimum absolute atomic E-state index is 0.0330. The van der Waals surface area contributed by atoms with Crippen LogP contribution in [0.1, 0.15) is 12.6 Å². The van der Waals surface area contributed by atoms with Gasteiger partial charge in [-0.15, -0.1) is 0 Å². The molecule has 0 aliphatic carbocycles. The molecule has 0 N–H and O–H groups in total. The highest BCUT2D eigenvalue weighted by Gasteiger charge is 2.24. The molecule has 0 unspecified atom stereocenters. The Labute approximate surface area is 139 Å². The van der Waals surface area contributed by atoms with Gasteiger partial charge in [0, 0.05) is 18.7 Å². The lowest BCUT2D eigenvalue weighted by molar-refractivity contribution is -0.142. The zero-order valence-corrected chi connectivity index (χ0v) is 13.5. The number of anilines is 1. The lowest BCUT2D eigenvalue weighted by atomic mass is 10.2. The molecule has 2 heterocycles. The van der Waals surface area contributed by atoms with E-state index in [9.17, 15) is 9.18 Å². The molecular formula is C17H19FN2O4. The van der Waals surface area contributed by atoms with Gasteiger partial charge >= 0.3 is 5.97 Å². The number of esters is 1. The first-order chi connectivity index (χ1) is 11.7. The van der Waals surface area contributed by atoms with E-state index in [1.807, 2.05) is 4.90 Å². The molecule has 24 heavy (non-hydrogen) atoms. The Balaban J connectivity index is 1.91. The van der Waals surface area contributed by atoms with Gasteiger partial charge in [-0.1, -0.05) is 0 Å². The quantitative estimate of drug-likeness (QED) is 0.783. The van der Waals surface area contributed by atoms with Crippen LogP contribution < -0.4 is 4.90 Å². The Morgan fingerprint density at radius 2 is 2.00 bits per heavy atom. The molecule has 1 fully saturated rings. The molecule has 0 bridgehead atoms. The van der Waals surface area contributed by atoms with Crippen molar-refractivity contribution in [2.75, 3.05) is 37.8 Å². The average molecular weight is 334 g/mol. The molecule has 0 saturated carbocycles. The molecule has 0 spiro atoms. The summed E-state index contributed by atoms with van der Waals surface area (Å²) in [4.78, 5) is 18.3. The van der Waals surface area contributed by atoms with Gasteiger partial charge in [-0.05, 0) is 31.2 Å². The molecule has 2 aromatic rings. The Hall–Kier alpha value is -2.41. The maximum Gasteiger partial charge on any atom is 0.312 e. The second-order valence-corrected chi connectivity index (χ2v) is 5.36. The smallest absolute Gasteiger partial charge is 0.312 e. The predicted octanol–water partition coefficient (Wildman–Crippen LogP) is 2.42. The van der Waals surface area contributed by atoms with E-state index >= 15 is 0 Å². The van der Waals surface area contributed by atoms with Crippen LogP contribution >= 0.6 is 0 Å². The maximum atomic E-state index is 13.1. The van der Waals surface area contributed by atoms with Crippen LogP contribution in [0.4, 0.5) is 10.3 Å². The number of ether oxygens (including phenoxy) is 2. The standard InChI is InChI=1S/C17H19FN2O4/c1-2-23-15(21)11-14-17(20-7-9-22-10-8-20)24-16(19-14)12-3-5-13(18)6-4-12/h3-6H,2,7-11H2,1H3. The molecule has 1 saturated heterocycles. The van der Waals surface area contributed by atoms with Gasteiger partial charge in [0.15, 0.2) is 0 Å². The number of aromatic nitrogens is 1. The summed E-state index contributed by atoms with van der Waals surface area (Å²) in [6.45, 7) is 4.57. The minimum Gasteiger partial charge on any atom is -0.466 e. The van der Waals surface area contributed by atoms with E-state index in [1.54, 1.807) is 19.1 Å². The number of carbonyl (C=O) groups excluding carboxylic acids is 1. The summed E-state index contributed by atoms with van der Waals surface area (Å²) in [7, 11) is 0. The molecule has 1 aromatic heterocycles. The summed E-state index contributed by atoms with van der Waals surface area (Å²) >= 11 is 0. The van der Waals surface area contributed by atoms with Crippen LogP contribution in [-0.4, -0.2) is 43.9 Å². The Bertz CT molecular complexity index is 693. The Morgan fingerprint density at radius 3 is 2.67 bits per heavy atom. The van der Waals surface area contributed by atoms with E-state index in [2.05, 4.69) is 4.98 Å².